The van der Waals surface area contributed by atoms with Crippen molar-refractivity contribution in [1.82, 2.24) is 0 Å². The molecule has 0 spiro atoms. The Balaban J connectivity index is 2.93. The number of hydrogen-bond donors (Lipinski definition) is 0. The van der Waals surface area contributed by atoms with Gasteiger partial charge in [-0.25, -0.2) is 0 Å². The van der Waals surface area contributed by atoms with E-state index in [1.54, 1.807) is 11.8 Å². The van der Waals surface area contributed by atoms with Crippen LogP contribution < -0.4 is 0 Å². The fourth-order valence-corrected chi connectivity index (χ4v) is 5.09. The van der Waals surface area contributed by atoms with Crippen molar-refractivity contribution in [3.05, 3.63) is 35.9 Å². The van der Waals surface area contributed by atoms with Crippen molar-refractivity contribution < 1.29 is 4.21 Å². The Hall–Kier alpha value is -0.280. The Kier molecular flexibility index (Phi) is 6.28. The number of benzene rings is 1. The zero-order valence-electron chi connectivity index (χ0n) is 10.9. The average Bonchev–Trinajstić information content (AvgIpc) is 2.37. The van der Waals surface area contributed by atoms with E-state index in [0.29, 0.717) is 0 Å². The van der Waals surface area contributed by atoms with Gasteiger partial charge in [0.2, 0.25) is 0 Å². The fourth-order valence-electron chi connectivity index (χ4n) is 1.77. The van der Waals surface area contributed by atoms with Crippen LogP contribution in [0.15, 0.2) is 30.3 Å². The third kappa shape index (κ3) is 3.85. The van der Waals surface area contributed by atoms with E-state index in [2.05, 4.69) is 32.9 Å². The summed E-state index contributed by atoms with van der Waals surface area (Å²) in [5.41, 5.74) is 1.18. The summed E-state index contributed by atoms with van der Waals surface area (Å²) in [4.78, 5) is 0. The molecule has 1 rings (SSSR count). The van der Waals surface area contributed by atoms with Crippen molar-refractivity contribution >= 4 is 22.6 Å². The van der Waals surface area contributed by atoms with Crippen molar-refractivity contribution in [2.75, 3.05) is 11.5 Å². The van der Waals surface area contributed by atoms with Crippen LogP contribution in [0.25, 0.3) is 0 Å². The van der Waals surface area contributed by atoms with E-state index in [1.165, 1.54) is 5.56 Å². The highest BCUT2D eigenvalue weighted by atomic mass is 32.2. The second-order valence-electron chi connectivity index (χ2n) is 4.15. The molecule has 0 amide bonds. The quantitative estimate of drug-likeness (QED) is 0.740. The molecule has 2 atom stereocenters. The van der Waals surface area contributed by atoms with E-state index in [1.807, 2.05) is 18.2 Å². The van der Waals surface area contributed by atoms with Crippen molar-refractivity contribution in [2.24, 2.45) is 0 Å². The Morgan fingerprint density at radius 3 is 2.41 bits per heavy atom. The Morgan fingerprint density at radius 1 is 1.24 bits per heavy atom. The zero-order chi connectivity index (χ0) is 12.7. The van der Waals surface area contributed by atoms with Crippen LogP contribution in [0.2, 0.25) is 0 Å². The lowest BCUT2D eigenvalue weighted by molar-refractivity contribution is 0.667. The highest BCUT2D eigenvalue weighted by molar-refractivity contribution is 8.11. The minimum Gasteiger partial charge on any atom is -0.258 e. The van der Waals surface area contributed by atoms with Crippen molar-refractivity contribution in [3.63, 3.8) is 0 Å². The van der Waals surface area contributed by atoms with Crippen molar-refractivity contribution in [2.45, 2.75) is 37.7 Å². The largest absolute Gasteiger partial charge is 0.258 e. The van der Waals surface area contributed by atoms with E-state index in [4.69, 9.17) is 0 Å². The molecule has 2 unspecified atom stereocenters. The molecule has 0 aliphatic rings. The van der Waals surface area contributed by atoms with E-state index < -0.39 is 10.8 Å². The van der Waals surface area contributed by atoms with E-state index in [9.17, 15) is 4.21 Å². The SMILES string of the molecule is CCCCS(=O)C(C)(SCC)c1ccccc1. The third-order valence-electron chi connectivity index (χ3n) is 2.84. The van der Waals surface area contributed by atoms with Gasteiger partial charge >= 0.3 is 0 Å². The maximum absolute atomic E-state index is 12.5. The van der Waals surface area contributed by atoms with Gasteiger partial charge in [0.05, 0.1) is 0 Å². The molecule has 0 heterocycles. The molecule has 0 aliphatic carbocycles. The first-order valence-corrected chi connectivity index (χ1v) is 8.53. The van der Waals surface area contributed by atoms with Gasteiger partial charge in [-0.3, -0.25) is 4.21 Å². The van der Waals surface area contributed by atoms with Gasteiger partial charge in [0, 0.05) is 16.6 Å². The molecule has 3 heteroatoms. The predicted molar refractivity (Wildman–Crippen MR) is 79.8 cm³/mol. The molecule has 96 valence electrons. The standard InChI is InChI=1S/C14H22OS2/c1-4-6-12-17(15)14(3,16-5-2)13-10-8-7-9-11-13/h7-11H,4-6,12H2,1-3H3. The van der Waals surface area contributed by atoms with Gasteiger partial charge in [-0.1, -0.05) is 50.6 Å². The first-order chi connectivity index (χ1) is 8.15. The average molecular weight is 270 g/mol. The molecule has 1 aromatic rings. The third-order valence-corrected chi connectivity index (χ3v) is 6.59. The minimum absolute atomic E-state index is 0.259. The summed E-state index contributed by atoms with van der Waals surface area (Å²) in [6, 6.07) is 10.2. The summed E-state index contributed by atoms with van der Waals surface area (Å²) in [5, 5.41) is 0. The highest BCUT2D eigenvalue weighted by Crippen LogP contribution is 2.39. The molecule has 1 nitrogen and oxygen atoms in total. The highest BCUT2D eigenvalue weighted by Gasteiger charge is 2.32. The topological polar surface area (TPSA) is 17.1 Å². The van der Waals surface area contributed by atoms with Crippen LogP contribution in [0.1, 0.15) is 39.2 Å². The van der Waals surface area contributed by atoms with Gasteiger partial charge in [0.25, 0.3) is 0 Å². The van der Waals surface area contributed by atoms with E-state index in [-0.39, 0.29) is 4.08 Å². The lowest BCUT2D eigenvalue weighted by Crippen LogP contribution is -2.26. The molecular formula is C14H22OS2. The Morgan fingerprint density at radius 2 is 1.88 bits per heavy atom. The minimum atomic E-state index is -0.811. The first kappa shape index (κ1) is 14.8. The van der Waals surface area contributed by atoms with Gasteiger partial charge in [-0.05, 0) is 24.7 Å². The summed E-state index contributed by atoms with van der Waals surface area (Å²) < 4.78 is 12.2. The van der Waals surface area contributed by atoms with Gasteiger partial charge in [-0.2, -0.15) is 0 Å². The zero-order valence-corrected chi connectivity index (χ0v) is 12.6. The molecule has 0 radical (unpaired) electrons. The summed E-state index contributed by atoms with van der Waals surface area (Å²) in [6.07, 6.45) is 2.15. The fraction of sp³-hybridized carbons (Fsp3) is 0.571. The number of unbranched alkanes of at least 4 members (excludes halogenated alkanes) is 1. The Bertz CT molecular complexity index is 350. The summed E-state index contributed by atoms with van der Waals surface area (Å²) >= 11 is 1.79. The normalized spacial score (nSPS) is 16.4. The smallest absolute Gasteiger partial charge is 0.113 e. The second-order valence-corrected chi connectivity index (χ2v) is 8.00. The molecule has 0 aromatic heterocycles. The van der Waals surface area contributed by atoms with Crippen molar-refractivity contribution in [3.8, 4) is 0 Å². The lowest BCUT2D eigenvalue weighted by atomic mass is 10.2. The number of rotatable bonds is 7. The lowest BCUT2D eigenvalue weighted by Gasteiger charge is -2.28. The monoisotopic (exact) mass is 270 g/mol. The van der Waals surface area contributed by atoms with Gasteiger partial charge in [-0.15, -0.1) is 11.8 Å². The molecule has 0 N–H and O–H groups in total. The molecule has 1 aromatic carbocycles. The summed E-state index contributed by atoms with van der Waals surface area (Å²) in [5.74, 6) is 1.79. The van der Waals surface area contributed by atoms with Crippen LogP contribution in [0, 0.1) is 0 Å². The van der Waals surface area contributed by atoms with Crippen LogP contribution in [0.5, 0.6) is 0 Å². The summed E-state index contributed by atoms with van der Waals surface area (Å²) in [7, 11) is -0.811. The van der Waals surface area contributed by atoms with Gasteiger partial charge in [0.15, 0.2) is 0 Å². The van der Waals surface area contributed by atoms with Crippen LogP contribution >= 0.6 is 11.8 Å². The van der Waals surface area contributed by atoms with Gasteiger partial charge in [0.1, 0.15) is 4.08 Å². The van der Waals surface area contributed by atoms with E-state index >= 15 is 0 Å². The molecule has 0 bridgehead atoms. The maximum atomic E-state index is 12.5. The number of hydrogen-bond acceptors (Lipinski definition) is 2. The number of thioether (sulfide) groups is 1. The summed E-state index contributed by atoms with van der Waals surface area (Å²) in [6.45, 7) is 6.38. The van der Waals surface area contributed by atoms with Crippen LogP contribution in [-0.2, 0) is 14.9 Å². The molecule has 17 heavy (non-hydrogen) atoms. The van der Waals surface area contributed by atoms with Crippen LogP contribution in [-0.4, -0.2) is 15.7 Å². The van der Waals surface area contributed by atoms with Crippen LogP contribution in [0.4, 0.5) is 0 Å². The molecule has 0 saturated heterocycles. The maximum Gasteiger partial charge on any atom is 0.113 e. The predicted octanol–water partition coefficient (Wildman–Crippen LogP) is 4.16. The molecule has 0 aliphatic heterocycles. The molecular weight excluding hydrogens is 248 g/mol. The van der Waals surface area contributed by atoms with E-state index in [0.717, 1.165) is 24.3 Å². The van der Waals surface area contributed by atoms with Crippen molar-refractivity contribution in [1.29, 1.82) is 0 Å². The molecule has 0 saturated carbocycles. The Labute approximate surface area is 112 Å². The van der Waals surface area contributed by atoms with Gasteiger partial charge < -0.3 is 0 Å². The second kappa shape index (κ2) is 7.22. The van der Waals surface area contributed by atoms with Crippen LogP contribution in [0.3, 0.4) is 0 Å². The molecule has 0 fully saturated rings. The first-order valence-electron chi connectivity index (χ1n) is 6.23.